The summed E-state index contributed by atoms with van der Waals surface area (Å²) in [5, 5.41) is 0. The highest BCUT2D eigenvalue weighted by atomic mass is 16.5. The largest absolute Gasteiger partial charge is 0.368 e. The summed E-state index contributed by atoms with van der Waals surface area (Å²) >= 11 is 0. The predicted octanol–water partition coefficient (Wildman–Crippen LogP) is 3.30. The van der Waals surface area contributed by atoms with Crippen molar-refractivity contribution in [2.45, 2.75) is 58.7 Å². The molecule has 1 nitrogen and oxygen atoms in total. The Morgan fingerprint density at radius 2 is 2.25 bits per heavy atom. The molecule has 0 aromatic heterocycles. The fourth-order valence-corrected chi connectivity index (χ4v) is 2.00. The number of hydrogen-bond donors (Lipinski definition) is 0. The zero-order chi connectivity index (χ0) is 9.19. The van der Waals surface area contributed by atoms with Gasteiger partial charge in [-0.1, -0.05) is 25.0 Å². The van der Waals surface area contributed by atoms with E-state index in [1.54, 1.807) is 0 Å². The fourth-order valence-electron chi connectivity index (χ4n) is 2.00. The zero-order valence-electron chi connectivity index (χ0n) is 8.68. The first-order valence-electron chi connectivity index (χ1n) is 4.89. The molecule has 70 valence electrons. The van der Waals surface area contributed by atoms with Crippen LogP contribution in [0.4, 0.5) is 0 Å². The molecule has 1 heteroatoms. The third kappa shape index (κ3) is 2.63. The Morgan fingerprint density at radius 3 is 2.75 bits per heavy atom. The summed E-state index contributed by atoms with van der Waals surface area (Å²) in [6, 6.07) is 0. The first-order chi connectivity index (χ1) is 5.53. The molecule has 0 saturated carbocycles. The Kier molecular flexibility index (Phi) is 2.94. The van der Waals surface area contributed by atoms with Gasteiger partial charge in [-0.15, -0.1) is 0 Å². The normalized spacial score (nSPS) is 28.3. The standard InChI is InChI=1S/C11H20O/c1-5-6-10-7-9(2)8-11(3,4)12-10/h8,10H,5-7H2,1-4H3. The van der Waals surface area contributed by atoms with Crippen molar-refractivity contribution >= 4 is 0 Å². The van der Waals surface area contributed by atoms with Crippen LogP contribution >= 0.6 is 0 Å². The molecule has 0 N–H and O–H groups in total. The summed E-state index contributed by atoms with van der Waals surface area (Å²) in [6.45, 7) is 8.69. The lowest BCUT2D eigenvalue weighted by Gasteiger charge is -2.33. The van der Waals surface area contributed by atoms with Gasteiger partial charge in [-0.25, -0.2) is 0 Å². The lowest BCUT2D eigenvalue weighted by atomic mass is 9.95. The molecular formula is C11H20O. The average Bonchev–Trinajstić information content (AvgIpc) is 1.82. The van der Waals surface area contributed by atoms with Gasteiger partial charge in [-0.2, -0.15) is 0 Å². The van der Waals surface area contributed by atoms with Crippen LogP contribution in [0.2, 0.25) is 0 Å². The van der Waals surface area contributed by atoms with Gasteiger partial charge in [0.25, 0.3) is 0 Å². The van der Waals surface area contributed by atoms with Crippen molar-refractivity contribution in [2.75, 3.05) is 0 Å². The topological polar surface area (TPSA) is 9.23 Å². The predicted molar refractivity (Wildman–Crippen MR) is 52.2 cm³/mol. The Labute approximate surface area is 75.8 Å². The molecule has 0 aliphatic carbocycles. The molecule has 0 aromatic carbocycles. The monoisotopic (exact) mass is 168 g/mol. The molecular weight excluding hydrogens is 148 g/mol. The molecule has 0 fully saturated rings. The molecule has 1 rings (SSSR count). The molecule has 0 amide bonds. The van der Waals surface area contributed by atoms with Crippen molar-refractivity contribution in [3.8, 4) is 0 Å². The second-order valence-electron chi connectivity index (χ2n) is 4.33. The first-order valence-corrected chi connectivity index (χ1v) is 4.89. The number of rotatable bonds is 2. The lowest BCUT2D eigenvalue weighted by molar-refractivity contribution is -0.0544. The van der Waals surface area contributed by atoms with Crippen LogP contribution in [-0.2, 0) is 4.74 Å². The highest BCUT2D eigenvalue weighted by Gasteiger charge is 2.25. The Balaban J connectivity index is 2.59. The molecule has 1 heterocycles. The van der Waals surface area contributed by atoms with Crippen LogP contribution in [0, 0.1) is 0 Å². The first kappa shape index (κ1) is 9.79. The van der Waals surface area contributed by atoms with E-state index in [1.807, 2.05) is 0 Å². The molecule has 1 unspecified atom stereocenters. The van der Waals surface area contributed by atoms with Gasteiger partial charge < -0.3 is 4.74 Å². The quantitative estimate of drug-likeness (QED) is 0.575. The fraction of sp³-hybridized carbons (Fsp3) is 0.818. The van der Waals surface area contributed by atoms with Gasteiger partial charge in [0.1, 0.15) is 0 Å². The highest BCUT2D eigenvalue weighted by molar-refractivity contribution is 5.11. The van der Waals surface area contributed by atoms with E-state index in [2.05, 4.69) is 33.8 Å². The van der Waals surface area contributed by atoms with Crippen molar-refractivity contribution in [3.05, 3.63) is 11.6 Å². The van der Waals surface area contributed by atoms with Crippen molar-refractivity contribution in [1.29, 1.82) is 0 Å². The van der Waals surface area contributed by atoms with E-state index in [9.17, 15) is 0 Å². The highest BCUT2D eigenvalue weighted by Crippen LogP contribution is 2.28. The molecule has 0 bridgehead atoms. The molecule has 12 heavy (non-hydrogen) atoms. The summed E-state index contributed by atoms with van der Waals surface area (Å²) in [7, 11) is 0. The maximum Gasteiger partial charge on any atom is 0.0812 e. The molecule has 1 aliphatic rings. The molecule has 0 radical (unpaired) electrons. The van der Waals surface area contributed by atoms with Gasteiger partial charge in [-0.3, -0.25) is 0 Å². The van der Waals surface area contributed by atoms with Gasteiger partial charge in [0, 0.05) is 0 Å². The van der Waals surface area contributed by atoms with E-state index >= 15 is 0 Å². The summed E-state index contributed by atoms with van der Waals surface area (Å²) < 4.78 is 5.91. The summed E-state index contributed by atoms with van der Waals surface area (Å²) in [4.78, 5) is 0. The summed E-state index contributed by atoms with van der Waals surface area (Å²) in [5.74, 6) is 0. The van der Waals surface area contributed by atoms with Crippen molar-refractivity contribution in [3.63, 3.8) is 0 Å². The lowest BCUT2D eigenvalue weighted by Crippen LogP contribution is -2.33. The summed E-state index contributed by atoms with van der Waals surface area (Å²) in [5.41, 5.74) is 1.44. The minimum absolute atomic E-state index is 0.0395. The van der Waals surface area contributed by atoms with Crippen LogP contribution in [0.15, 0.2) is 11.6 Å². The SMILES string of the molecule is CCCC1CC(C)=CC(C)(C)O1. The second-order valence-corrected chi connectivity index (χ2v) is 4.33. The van der Waals surface area contributed by atoms with Gasteiger partial charge in [0.2, 0.25) is 0 Å². The molecule has 0 aromatic rings. The average molecular weight is 168 g/mol. The third-order valence-electron chi connectivity index (χ3n) is 2.22. The second kappa shape index (κ2) is 3.61. The molecule has 1 atom stereocenters. The smallest absolute Gasteiger partial charge is 0.0812 e. The van der Waals surface area contributed by atoms with Crippen molar-refractivity contribution < 1.29 is 4.74 Å². The number of hydrogen-bond acceptors (Lipinski definition) is 1. The van der Waals surface area contributed by atoms with Gasteiger partial charge in [-0.05, 0) is 33.6 Å². The molecule has 1 aliphatic heterocycles. The Bertz CT molecular complexity index is 179. The van der Waals surface area contributed by atoms with Crippen LogP contribution in [0.1, 0.15) is 47.0 Å². The zero-order valence-corrected chi connectivity index (χ0v) is 8.68. The van der Waals surface area contributed by atoms with E-state index in [-0.39, 0.29) is 5.60 Å². The van der Waals surface area contributed by atoms with E-state index in [0.717, 1.165) is 6.42 Å². The van der Waals surface area contributed by atoms with Crippen LogP contribution in [0.5, 0.6) is 0 Å². The summed E-state index contributed by atoms with van der Waals surface area (Å²) in [6.07, 6.45) is 6.22. The van der Waals surface area contributed by atoms with Crippen LogP contribution in [0.25, 0.3) is 0 Å². The van der Waals surface area contributed by atoms with E-state index in [0.29, 0.717) is 6.10 Å². The van der Waals surface area contributed by atoms with Gasteiger partial charge in [0.05, 0.1) is 11.7 Å². The van der Waals surface area contributed by atoms with Gasteiger partial charge in [0.15, 0.2) is 0 Å². The minimum Gasteiger partial charge on any atom is -0.368 e. The maximum absolute atomic E-state index is 5.91. The molecule has 0 saturated heterocycles. The van der Waals surface area contributed by atoms with Crippen LogP contribution in [-0.4, -0.2) is 11.7 Å². The number of ether oxygens (including phenoxy) is 1. The van der Waals surface area contributed by atoms with Crippen LogP contribution < -0.4 is 0 Å². The van der Waals surface area contributed by atoms with E-state index in [4.69, 9.17) is 4.74 Å². The van der Waals surface area contributed by atoms with Crippen molar-refractivity contribution in [1.82, 2.24) is 0 Å². The maximum atomic E-state index is 5.91. The van der Waals surface area contributed by atoms with Crippen molar-refractivity contribution in [2.24, 2.45) is 0 Å². The van der Waals surface area contributed by atoms with Gasteiger partial charge >= 0.3 is 0 Å². The third-order valence-corrected chi connectivity index (χ3v) is 2.22. The Morgan fingerprint density at radius 1 is 1.58 bits per heavy atom. The molecule has 0 spiro atoms. The van der Waals surface area contributed by atoms with Crippen LogP contribution in [0.3, 0.4) is 0 Å². The van der Waals surface area contributed by atoms with E-state index < -0.39 is 0 Å². The Hall–Kier alpha value is -0.300. The van der Waals surface area contributed by atoms with E-state index in [1.165, 1.54) is 18.4 Å². The minimum atomic E-state index is -0.0395.